The van der Waals surface area contributed by atoms with Crippen LogP contribution in [0.4, 0.5) is 20.6 Å². The van der Waals surface area contributed by atoms with E-state index in [0.29, 0.717) is 17.1 Å². The lowest BCUT2D eigenvalue weighted by atomic mass is 10.1. The van der Waals surface area contributed by atoms with Crippen molar-refractivity contribution in [2.45, 2.75) is 25.0 Å². The Morgan fingerprint density at radius 1 is 1.25 bits per heavy atom. The molecular formula is C19H22FN3O4S. The molecule has 2 amide bonds. The van der Waals surface area contributed by atoms with Gasteiger partial charge in [-0.1, -0.05) is 0 Å². The molecule has 0 radical (unpaired) electrons. The highest BCUT2D eigenvalue weighted by Gasteiger charge is 2.47. The Morgan fingerprint density at radius 2 is 2.04 bits per heavy atom. The number of benzene rings is 1. The van der Waals surface area contributed by atoms with Crippen LogP contribution in [-0.2, 0) is 9.53 Å². The highest BCUT2D eigenvalue weighted by molar-refractivity contribution is 7.99. The summed E-state index contributed by atoms with van der Waals surface area (Å²) in [4.78, 5) is 27.8. The Hall–Kier alpha value is -2.16. The summed E-state index contributed by atoms with van der Waals surface area (Å²) in [5, 5.41) is 2.85. The summed E-state index contributed by atoms with van der Waals surface area (Å²) in [6, 6.07) is 2.67. The van der Waals surface area contributed by atoms with Crippen molar-refractivity contribution in [2.24, 2.45) is 5.92 Å². The van der Waals surface area contributed by atoms with Crippen LogP contribution < -0.4 is 19.9 Å². The number of ether oxygens (including phenoxy) is 2. The number of carbonyl (C=O) groups is 2. The molecule has 0 aromatic heterocycles. The molecule has 1 unspecified atom stereocenters. The molecule has 5 rings (SSSR count). The van der Waals surface area contributed by atoms with Gasteiger partial charge in [-0.25, -0.2) is 9.18 Å². The zero-order valence-corrected chi connectivity index (χ0v) is 16.2. The first-order valence-electron chi connectivity index (χ1n) is 9.68. The Bertz CT molecular complexity index is 813. The number of hydrogen-bond acceptors (Lipinski definition) is 6. The van der Waals surface area contributed by atoms with Crippen LogP contribution in [-0.4, -0.2) is 61.9 Å². The minimum absolute atomic E-state index is 0.00186. The second kappa shape index (κ2) is 7.02. The van der Waals surface area contributed by atoms with Crippen LogP contribution >= 0.6 is 11.8 Å². The lowest BCUT2D eigenvalue weighted by Gasteiger charge is -2.34. The van der Waals surface area contributed by atoms with E-state index in [4.69, 9.17) is 9.47 Å². The average molecular weight is 407 g/mol. The number of anilines is 2. The van der Waals surface area contributed by atoms with Gasteiger partial charge >= 0.3 is 6.09 Å². The molecule has 2 saturated heterocycles. The van der Waals surface area contributed by atoms with Crippen molar-refractivity contribution in [1.82, 2.24) is 5.32 Å². The van der Waals surface area contributed by atoms with Crippen molar-refractivity contribution in [3.63, 3.8) is 0 Å². The lowest BCUT2D eigenvalue weighted by Crippen LogP contribution is -2.48. The Balaban J connectivity index is 1.35. The van der Waals surface area contributed by atoms with Crippen molar-refractivity contribution in [1.29, 1.82) is 0 Å². The molecule has 0 spiro atoms. The van der Waals surface area contributed by atoms with Gasteiger partial charge in [0.1, 0.15) is 30.3 Å². The molecule has 1 aromatic carbocycles. The molecule has 3 fully saturated rings. The number of amides is 2. The largest absolute Gasteiger partial charge is 0.489 e. The number of hydrogen-bond donors (Lipinski definition) is 1. The zero-order valence-electron chi connectivity index (χ0n) is 15.4. The van der Waals surface area contributed by atoms with Crippen molar-refractivity contribution >= 4 is 35.1 Å². The molecule has 2 atom stereocenters. The Kier molecular flexibility index (Phi) is 4.49. The van der Waals surface area contributed by atoms with E-state index in [9.17, 15) is 14.0 Å². The van der Waals surface area contributed by atoms with Gasteiger partial charge in [0.25, 0.3) is 0 Å². The molecule has 28 heavy (non-hydrogen) atoms. The SMILES string of the molecule is O=C(NCC1OC(=O)N2c3cc(F)c(N4CCSCC4)cc3OC[C@@H]12)C1CC1. The number of rotatable bonds is 4. The monoisotopic (exact) mass is 407 g/mol. The maximum atomic E-state index is 14.9. The van der Waals surface area contributed by atoms with E-state index < -0.39 is 12.2 Å². The van der Waals surface area contributed by atoms with Crippen molar-refractivity contribution < 1.29 is 23.5 Å². The maximum absolute atomic E-state index is 14.9. The van der Waals surface area contributed by atoms with Crippen molar-refractivity contribution in [3.8, 4) is 5.75 Å². The standard InChI is InChI=1S/C19H22FN3O4S/c20-12-7-14-16(8-13(12)22-3-5-28-6-4-22)26-10-15-17(27-19(25)23(14)15)9-21-18(24)11-1-2-11/h7-8,11,15,17H,1-6,9-10H2,(H,21,24)/t15-,17?/m0/s1. The van der Waals surface area contributed by atoms with Crippen LogP contribution in [0, 0.1) is 11.7 Å². The van der Waals surface area contributed by atoms with Gasteiger partial charge in [-0.15, -0.1) is 0 Å². The highest BCUT2D eigenvalue weighted by atomic mass is 32.2. The molecule has 150 valence electrons. The van der Waals surface area contributed by atoms with E-state index >= 15 is 0 Å². The second-order valence-electron chi connectivity index (χ2n) is 7.56. The van der Waals surface area contributed by atoms with Crippen LogP contribution in [0.1, 0.15) is 12.8 Å². The predicted octanol–water partition coefficient (Wildman–Crippen LogP) is 1.99. The van der Waals surface area contributed by atoms with Crippen LogP contribution in [0.3, 0.4) is 0 Å². The minimum atomic E-state index is -0.526. The number of fused-ring (bicyclic) bond motifs is 3. The average Bonchev–Trinajstić information content (AvgIpc) is 3.51. The third-order valence-electron chi connectivity index (χ3n) is 5.68. The predicted molar refractivity (Wildman–Crippen MR) is 104 cm³/mol. The summed E-state index contributed by atoms with van der Waals surface area (Å²) in [6.45, 7) is 2.08. The van der Waals surface area contributed by atoms with E-state index in [-0.39, 0.29) is 36.8 Å². The van der Waals surface area contributed by atoms with Crippen LogP contribution in [0.2, 0.25) is 0 Å². The quantitative estimate of drug-likeness (QED) is 0.823. The molecule has 9 heteroatoms. The summed E-state index contributed by atoms with van der Waals surface area (Å²) in [7, 11) is 0. The number of nitrogens with zero attached hydrogens (tertiary/aromatic N) is 2. The first-order chi connectivity index (χ1) is 13.6. The molecular weight excluding hydrogens is 385 g/mol. The number of nitrogens with one attached hydrogen (secondary N) is 1. The molecule has 1 aliphatic carbocycles. The molecule has 3 heterocycles. The molecule has 0 bridgehead atoms. The van der Waals surface area contributed by atoms with Gasteiger partial charge < -0.3 is 19.7 Å². The number of halogens is 1. The first-order valence-corrected chi connectivity index (χ1v) is 10.8. The third kappa shape index (κ3) is 3.15. The summed E-state index contributed by atoms with van der Waals surface area (Å²) in [6.07, 6.45) is 0.797. The molecule has 1 saturated carbocycles. The van der Waals surface area contributed by atoms with E-state index in [1.165, 1.54) is 11.0 Å². The molecule has 7 nitrogen and oxygen atoms in total. The van der Waals surface area contributed by atoms with Crippen molar-refractivity contribution in [2.75, 3.05) is 47.5 Å². The number of cyclic esters (lactones) is 1. The normalized spacial score (nSPS) is 26.2. The molecule has 1 N–H and O–H groups in total. The third-order valence-corrected chi connectivity index (χ3v) is 6.63. The lowest BCUT2D eigenvalue weighted by molar-refractivity contribution is -0.122. The van der Waals surface area contributed by atoms with Gasteiger partial charge in [0.15, 0.2) is 0 Å². The van der Waals surface area contributed by atoms with E-state index in [0.717, 1.165) is 37.4 Å². The van der Waals surface area contributed by atoms with Gasteiger partial charge in [0.05, 0.1) is 17.9 Å². The Labute approximate surface area is 166 Å². The van der Waals surface area contributed by atoms with E-state index in [1.54, 1.807) is 6.07 Å². The summed E-state index contributed by atoms with van der Waals surface area (Å²) in [5.74, 6) is 2.15. The smallest absolute Gasteiger partial charge is 0.415 e. The van der Waals surface area contributed by atoms with Crippen LogP contribution in [0.25, 0.3) is 0 Å². The van der Waals surface area contributed by atoms with E-state index in [2.05, 4.69) is 5.32 Å². The summed E-state index contributed by atoms with van der Waals surface area (Å²) in [5.41, 5.74) is 0.906. The van der Waals surface area contributed by atoms with E-state index in [1.807, 2.05) is 16.7 Å². The number of thioether (sulfide) groups is 1. The molecule has 4 aliphatic rings. The fraction of sp³-hybridized carbons (Fsp3) is 0.579. The fourth-order valence-corrected chi connectivity index (χ4v) is 4.85. The summed E-state index contributed by atoms with van der Waals surface area (Å²) >= 11 is 1.86. The summed E-state index contributed by atoms with van der Waals surface area (Å²) < 4.78 is 26.2. The van der Waals surface area contributed by atoms with Crippen LogP contribution in [0.15, 0.2) is 12.1 Å². The van der Waals surface area contributed by atoms with Gasteiger partial charge in [0, 0.05) is 42.6 Å². The number of carbonyl (C=O) groups excluding carboxylic acids is 2. The van der Waals surface area contributed by atoms with Crippen LogP contribution in [0.5, 0.6) is 5.75 Å². The Morgan fingerprint density at radius 3 is 2.79 bits per heavy atom. The van der Waals surface area contributed by atoms with Crippen molar-refractivity contribution in [3.05, 3.63) is 17.9 Å². The highest BCUT2D eigenvalue weighted by Crippen LogP contribution is 2.42. The second-order valence-corrected chi connectivity index (χ2v) is 8.79. The maximum Gasteiger partial charge on any atom is 0.415 e. The van der Waals surface area contributed by atoms with Gasteiger partial charge in [-0.05, 0) is 12.8 Å². The van der Waals surface area contributed by atoms with Gasteiger partial charge in [-0.2, -0.15) is 11.8 Å². The molecule has 1 aromatic rings. The zero-order chi connectivity index (χ0) is 19.3. The minimum Gasteiger partial charge on any atom is -0.489 e. The topological polar surface area (TPSA) is 71.1 Å². The fourth-order valence-electron chi connectivity index (χ4n) is 3.95. The first kappa shape index (κ1) is 17.9. The van der Waals surface area contributed by atoms with Gasteiger partial charge in [-0.3, -0.25) is 9.69 Å². The molecule has 3 aliphatic heterocycles. The van der Waals surface area contributed by atoms with Gasteiger partial charge in [0.2, 0.25) is 5.91 Å².